The van der Waals surface area contributed by atoms with Crippen LogP contribution in [0.5, 0.6) is 0 Å². The number of hydrogen-bond acceptors (Lipinski definition) is 0. The van der Waals surface area contributed by atoms with Gasteiger partial charge >= 0.3 is 0 Å². The summed E-state index contributed by atoms with van der Waals surface area (Å²) < 4.78 is 0. The van der Waals surface area contributed by atoms with Gasteiger partial charge in [-0.3, -0.25) is 0 Å². The molecule has 2 saturated carbocycles. The minimum atomic E-state index is 1.04. The first-order valence-electron chi connectivity index (χ1n) is 6.85. The molecule has 0 heterocycles. The zero-order valence-electron chi connectivity index (χ0n) is 9.97. The molecule has 0 heteroatoms. The Labute approximate surface area is 89.5 Å². The molecule has 0 aromatic carbocycles. The molecule has 14 heavy (non-hydrogen) atoms. The Morgan fingerprint density at radius 1 is 1.14 bits per heavy atom. The van der Waals surface area contributed by atoms with E-state index in [2.05, 4.69) is 13.8 Å². The molecule has 0 bridgehead atoms. The van der Waals surface area contributed by atoms with Gasteiger partial charge in [-0.1, -0.05) is 39.5 Å². The number of rotatable bonds is 6. The maximum atomic E-state index is 2.37. The van der Waals surface area contributed by atoms with Gasteiger partial charge in [0.25, 0.3) is 0 Å². The fourth-order valence-corrected chi connectivity index (χ4v) is 3.59. The Morgan fingerprint density at radius 3 is 2.50 bits per heavy atom. The van der Waals surface area contributed by atoms with Crippen molar-refractivity contribution in [2.45, 2.75) is 65.2 Å². The molecule has 0 nitrogen and oxygen atoms in total. The van der Waals surface area contributed by atoms with E-state index in [-0.39, 0.29) is 0 Å². The Morgan fingerprint density at radius 2 is 2.00 bits per heavy atom. The largest absolute Gasteiger partial charge is 0.0654 e. The summed E-state index contributed by atoms with van der Waals surface area (Å²) in [5, 5.41) is 0. The Balaban J connectivity index is 1.65. The minimum Gasteiger partial charge on any atom is -0.0654 e. The van der Waals surface area contributed by atoms with Crippen molar-refractivity contribution in [3.05, 3.63) is 0 Å². The second kappa shape index (κ2) is 4.68. The summed E-state index contributed by atoms with van der Waals surface area (Å²) in [5.41, 5.74) is 0. The summed E-state index contributed by atoms with van der Waals surface area (Å²) in [7, 11) is 0. The van der Waals surface area contributed by atoms with E-state index >= 15 is 0 Å². The van der Waals surface area contributed by atoms with E-state index in [0.29, 0.717) is 0 Å². The molecule has 0 amide bonds. The van der Waals surface area contributed by atoms with Gasteiger partial charge in [-0.2, -0.15) is 0 Å². The van der Waals surface area contributed by atoms with Crippen LogP contribution in [0.1, 0.15) is 65.2 Å². The van der Waals surface area contributed by atoms with E-state index in [4.69, 9.17) is 0 Å². The highest BCUT2D eigenvalue weighted by Gasteiger charge is 2.47. The van der Waals surface area contributed by atoms with Crippen LogP contribution in [-0.4, -0.2) is 0 Å². The quantitative estimate of drug-likeness (QED) is 0.578. The minimum absolute atomic E-state index is 1.04. The van der Waals surface area contributed by atoms with Gasteiger partial charge in [0.2, 0.25) is 0 Å². The molecule has 2 fully saturated rings. The highest BCUT2D eigenvalue weighted by Crippen LogP contribution is 2.56. The number of fused-ring (bicyclic) bond motifs is 1. The molecule has 82 valence electrons. The van der Waals surface area contributed by atoms with E-state index in [0.717, 1.165) is 11.8 Å². The van der Waals surface area contributed by atoms with Crippen LogP contribution in [0.15, 0.2) is 0 Å². The topological polar surface area (TPSA) is 0 Å². The molecule has 0 radical (unpaired) electrons. The molecule has 0 N–H and O–H groups in total. The molecule has 4 unspecified atom stereocenters. The average molecular weight is 194 g/mol. The van der Waals surface area contributed by atoms with Crippen molar-refractivity contribution in [3.8, 4) is 0 Å². The summed E-state index contributed by atoms with van der Waals surface area (Å²) in [6.45, 7) is 4.70. The number of hydrogen-bond donors (Lipinski definition) is 0. The van der Waals surface area contributed by atoms with Crippen molar-refractivity contribution >= 4 is 0 Å². The molecule has 0 spiro atoms. The fraction of sp³-hybridized carbons (Fsp3) is 1.00. The zero-order valence-corrected chi connectivity index (χ0v) is 9.97. The van der Waals surface area contributed by atoms with E-state index in [1.165, 1.54) is 37.5 Å². The van der Waals surface area contributed by atoms with Gasteiger partial charge < -0.3 is 0 Å². The van der Waals surface area contributed by atoms with Crippen LogP contribution in [0.4, 0.5) is 0 Å². The van der Waals surface area contributed by atoms with Gasteiger partial charge in [-0.15, -0.1) is 0 Å². The highest BCUT2D eigenvalue weighted by atomic mass is 14.5. The van der Waals surface area contributed by atoms with Crippen molar-refractivity contribution in [1.29, 1.82) is 0 Å². The third-order valence-electron chi connectivity index (χ3n) is 4.71. The molecule has 0 aliphatic heterocycles. The summed E-state index contributed by atoms with van der Waals surface area (Å²) in [4.78, 5) is 0. The van der Waals surface area contributed by atoms with Crippen molar-refractivity contribution < 1.29 is 0 Å². The van der Waals surface area contributed by atoms with E-state index in [1.54, 1.807) is 25.7 Å². The molecule has 0 aromatic heterocycles. The Kier molecular flexibility index (Phi) is 3.52. The summed E-state index contributed by atoms with van der Waals surface area (Å²) in [6.07, 6.45) is 12.1. The van der Waals surface area contributed by atoms with E-state index in [9.17, 15) is 0 Å². The monoisotopic (exact) mass is 194 g/mol. The van der Waals surface area contributed by atoms with Gasteiger partial charge in [0, 0.05) is 0 Å². The van der Waals surface area contributed by atoms with Crippen LogP contribution >= 0.6 is 0 Å². The standard InChI is InChI=1S/C14H26/c1-3-5-11(4-2)6-7-12-8-9-13-10-14(12)13/h11-14H,3-10H2,1-2H3. The van der Waals surface area contributed by atoms with Crippen LogP contribution in [0, 0.1) is 23.7 Å². The predicted molar refractivity (Wildman–Crippen MR) is 62.2 cm³/mol. The molecule has 4 atom stereocenters. The molecule has 2 aliphatic carbocycles. The van der Waals surface area contributed by atoms with Crippen LogP contribution in [0.2, 0.25) is 0 Å². The summed E-state index contributed by atoms with van der Waals surface area (Å²) >= 11 is 0. The molecular formula is C14H26. The van der Waals surface area contributed by atoms with Crippen molar-refractivity contribution in [2.75, 3.05) is 0 Å². The molecule has 0 saturated heterocycles. The first-order chi connectivity index (χ1) is 6.85. The zero-order chi connectivity index (χ0) is 9.97. The van der Waals surface area contributed by atoms with Crippen LogP contribution in [0.25, 0.3) is 0 Å². The predicted octanol–water partition coefficient (Wildman–Crippen LogP) is 4.64. The highest BCUT2D eigenvalue weighted by molar-refractivity contribution is 4.97. The van der Waals surface area contributed by atoms with Gasteiger partial charge in [-0.25, -0.2) is 0 Å². The lowest BCUT2D eigenvalue weighted by Gasteiger charge is -2.17. The third-order valence-corrected chi connectivity index (χ3v) is 4.71. The summed E-state index contributed by atoms with van der Waals surface area (Å²) in [5.74, 6) is 4.56. The van der Waals surface area contributed by atoms with Crippen LogP contribution < -0.4 is 0 Å². The summed E-state index contributed by atoms with van der Waals surface area (Å²) in [6, 6.07) is 0. The SMILES string of the molecule is CCCC(CC)CCC1CCC2CC12. The Hall–Kier alpha value is 0. The average Bonchev–Trinajstić information content (AvgIpc) is 2.88. The lowest BCUT2D eigenvalue weighted by atomic mass is 9.89. The first kappa shape index (κ1) is 10.5. The smallest absolute Gasteiger partial charge is 0.0355 e. The molecule has 2 rings (SSSR count). The van der Waals surface area contributed by atoms with Gasteiger partial charge in [0.05, 0.1) is 0 Å². The van der Waals surface area contributed by atoms with Crippen LogP contribution in [0.3, 0.4) is 0 Å². The molecular weight excluding hydrogens is 168 g/mol. The Bertz CT molecular complexity index is 173. The third kappa shape index (κ3) is 2.32. The van der Waals surface area contributed by atoms with Crippen molar-refractivity contribution in [1.82, 2.24) is 0 Å². The van der Waals surface area contributed by atoms with Gasteiger partial charge in [0.1, 0.15) is 0 Å². The van der Waals surface area contributed by atoms with Crippen LogP contribution in [-0.2, 0) is 0 Å². The second-order valence-corrected chi connectivity index (χ2v) is 5.64. The van der Waals surface area contributed by atoms with Crippen molar-refractivity contribution in [2.24, 2.45) is 23.7 Å². The maximum Gasteiger partial charge on any atom is -0.0355 e. The molecule has 2 aliphatic rings. The fourth-order valence-electron chi connectivity index (χ4n) is 3.59. The lowest BCUT2D eigenvalue weighted by Crippen LogP contribution is -2.04. The lowest BCUT2D eigenvalue weighted by molar-refractivity contribution is 0.348. The normalized spacial score (nSPS) is 36.9. The molecule has 0 aromatic rings. The van der Waals surface area contributed by atoms with E-state index < -0.39 is 0 Å². The first-order valence-corrected chi connectivity index (χ1v) is 6.85. The maximum absolute atomic E-state index is 2.37. The van der Waals surface area contributed by atoms with Gasteiger partial charge in [-0.05, 0) is 49.4 Å². The van der Waals surface area contributed by atoms with E-state index in [1.807, 2.05) is 0 Å². The van der Waals surface area contributed by atoms with Gasteiger partial charge in [0.15, 0.2) is 0 Å². The second-order valence-electron chi connectivity index (χ2n) is 5.64. The van der Waals surface area contributed by atoms with Crippen molar-refractivity contribution in [3.63, 3.8) is 0 Å².